The van der Waals surface area contributed by atoms with Crippen molar-refractivity contribution in [3.8, 4) is 0 Å². The van der Waals surface area contributed by atoms with Crippen molar-refractivity contribution >= 4 is 0 Å². The fraction of sp³-hybridized carbons (Fsp3) is 0.647. The molecule has 1 saturated carbocycles. The molecule has 1 aromatic carbocycles. The molecule has 1 aromatic rings. The van der Waals surface area contributed by atoms with E-state index in [9.17, 15) is 0 Å². The van der Waals surface area contributed by atoms with Gasteiger partial charge in [0, 0.05) is 18.6 Å². The fourth-order valence-corrected chi connectivity index (χ4v) is 3.26. The Balaban J connectivity index is 1.92. The maximum Gasteiger partial charge on any atom is 0.0236 e. The van der Waals surface area contributed by atoms with Crippen molar-refractivity contribution in [3.63, 3.8) is 0 Å². The molecule has 19 heavy (non-hydrogen) atoms. The van der Waals surface area contributed by atoms with Gasteiger partial charge >= 0.3 is 0 Å². The Morgan fingerprint density at radius 1 is 1.11 bits per heavy atom. The minimum Gasteiger partial charge on any atom is -0.317 e. The number of rotatable bonds is 5. The number of hydrogen-bond donors (Lipinski definition) is 1. The first kappa shape index (κ1) is 14.5. The maximum absolute atomic E-state index is 3.41. The third-order valence-electron chi connectivity index (χ3n) is 4.65. The van der Waals surface area contributed by atoms with E-state index in [0.29, 0.717) is 0 Å². The molecule has 0 amide bonds. The highest BCUT2D eigenvalue weighted by Crippen LogP contribution is 2.24. The van der Waals surface area contributed by atoms with Crippen molar-refractivity contribution < 1.29 is 0 Å². The molecular weight excluding hydrogens is 232 g/mol. The smallest absolute Gasteiger partial charge is 0.0236 e. The van der Waals surface area contributed by atoms with Gasteiger partial charge in [0.1, 0.15) is 0 Å². The van der Waals surface area contributed by atoms with Gasteiger partial charge in [0.2, 0.25) is 0 Å². The van der Waals surface area contributed by atoms with Crippen LogP contribution in [0, 0.1) is 0 Å². The van der Waals surface area contributed by atoms with E-state index in [1.807, 2.05) is 0 Å². The molecule has 0 unspecified atom stereocenters. The van der Waals surface area contributed by atoms with Crippen LogP contribution in [0.4, 0.5) is 0 Å². The summed E-state index contributed by atoms with van der Waals surface area (Å²) >= 11 is 0. The molecule has 0 spiro atoms. The van der Waals surface area contributed by atoms with Crippen molar-refractivity contribution in [3.05, 3.63) is 35.4 Å². The van der Waals surface area contributed by atoms with Crippen LogP contribution in [-0.4, -0.2) is 31.1 Å². The van der Waals surface area contributed by atoms with Gasteiger partial charge in [-0.05, 0) is 57.3 Å². The van der Waals surface area contributed by atoms with E-state index >= 15 is 0 Å². The van der Waals surface area contributed by atoms with Crippen molar-refractivity contribution in [2.45, 2.75) is 57.7 Å². The van der Waals surface area contributed by atoms with E-state index in [1.165, 1.54) is 36.8 Å². The molecule has 0 heterocycles. The van der Waals surface area contributed by atoms with Gasteiger partial charge in [-0.1, -0.05) is 31.2 Å². The van der Waals surface area contributed by atoms with Crippen LogP contribution < -0.4 is 5.32 Å². The van der Waals surface area contributed by atoms with Gasteiger partial charge < -0.3 is 5.32 Å². The highest BCUT2D eigenvalue weighted by atomic mass is 15.1. The Kier molecular flexibility index (Phi) is 5.41. The molecule has 0 radical (unpaired) electrons. The monoisotopic (exact) mass is 260 g/mol. The summed E-state index contributed by atoms with van der Waals surface area (Å²) in [6.07, 6.45) is 6.44. The second kappa shape index (κ2) is 7.06. The van der Waals surface area contributed by atoms with Gasteiger partial charge in [-0.3, -0.25) is 4.90 Å². The highest BCUT2D eigenvalue weighted by Gasteiger charge is 2.23. The lowest BCUT2D eigenvalue weighted by Crippen LogP contribution is -2.39. The summed E-state index contributed by atoms with van der Waals surface area (Å²) in [7, 11) is 4.38. The zero-order valence-electron chi connectivity index (χ0n) is 12.7. The average molecular weight is 260 g/mol. The van der Waals surface area contributed by atoms with Gasteiger partial charge in [0.25, 0.3) is 0 Å². The summed E-state index contributed by atoms with van der Waals surface area (Å²) < 4.78 is 0. The molecule has 0 atom stereocenters. The molecule has 106 valence electrons. The summed E-state index contributed by atoms with van der Waals surface area (Å²) in [5.41, 5.74) is 3.00. The van der Waals surface area contributed by atoms with E-state index in [-0.39, 0.29) is 0 Å². The lowest BCUT2D eigenvalue weighted by Gasteiger charge is -2.35. The summed E-state index contributed by atoms with van der Waals surface area (Å²) in [6.45, 7) is 3.34. The first-order chi connectivity index (χ1) is 9.24. The van der Waals surface area contributed by atoms with Gasteiger partial charge in [-0.25, -0.2) is 0 Å². The Bertz CT molecular complexity index is 381. The van der Waals surface area contributed by atoms with Gasteiger partial charge in [-0.15, -0.1) is 0 Å². The molecule has 0 saturated heterocycles. The molecule has 0 aromatic heterocycles. The molecule has 1 aliphatic carbocycles. The molecule has 2 heteroatoms. The normalized spacial score (nSPS) is 23.8. The third-order valence-corrected chi connectivity index (χ3v) is 4.65. The van der Waals surface area contributed by atoms with Crippen molar-refractivity contribution in [2.24, 2.45) is 0 Å². The van der Waals surface area contributed by atoms with E-state index in [2.05, 4.69) is 55.5 Å². The van der Waals surface area contributed by atoms with Gasteiger partial charge in [0.05, 0.1) is 0 Å². The summed E-state index contributed by atoms with van der Waals surface area (Å²) in [5.74, 6) is 0. The van der Waals surface area contributed by atoms with Crippen LogP contribution in [0.25, 0.3) is 0 Å². The Morgan fingerprint density at radius 2 is 1.74 bits per heavy atom. The van der Waals surface area contributed by atoms with Crippen LogP contribution in [0.15, 0.2) is 24.3 Å². The maximum atomic E-state index is 3.41. The third kappa shape index (κ3) is 3.80. The Labute approximate surface area is 118 Å². The number of aryl methyl sites for hydroxylation is 1. The Morgan fingerprint density at radius 3 is 2.32 bits per heavy atom. The lowest BCUT2D eigenvalue weighted by atomic mass is 9.90. The fourth-order valence-electron chi connectivity index (χ4n) is 3.26. The quantitative estimate of drug-likeness (QED) is 0.874. The van der Waals surface area contributed by atoms with Crippen LogP contribution in [0.3, 0.4) is 0 Å². The standard InChI is InChI=1S/C17H28N2/c1-4-14-7-5-6-8-15(14)13-19(3)17-11-9-16(18-2)10-12-17/h5-8,16-18H,4,9-13H2,1-3H3. The van der Waals surface area contributed by atoms with Crippen LogP contribution in [0.1, 0.15) is 43.7 Å². The second-order valence-corrected chi connectivity index (χ2v) is 5.83. The number of benzene rings is 1. The molecule has 1 aliphatic rings. The predicted octanol–water partition coefficient (Wildman–Crippen LogP) is 3.21. The van der Waals surface area contributed by atoms with Crippen LogP contribution in [0.2, 0.25) is 0 Å². The second-order valence-electron chi connectivity index (χ2n) is 5.83. The molecule has 2 rings (SSSR count). The molecule has 0 bridgehead atoms. The van der Waals surface area contributed by atoms with Gasteiger partial charge in [-0.2, -0.15) is 0 Å². The summed E-state index contributed by atoms with van der Waals surface area (Å²) in [4.78, 5) is 2.56. The molecule has 2 nitrogen and oxygen atoms in total. The lowest BCUT2D eigenvalue weighted by molar-refractivity contribution is 0.169. The highest BCUT2D eigenvalue weighted by molar-refractivity contribution is 5.26. The zero-order valence-corrected chi connectivity index (χ0v) is 12.7. The first-order valence-electron chi connectivity index (χ1n) is 7.68. The largest absolute Gasteiger partial charge is 0.317 e. The number of nitrogens with one attached hydrogen (secondary N) is 1. The van der Waals surface area contributed by atoms with Crippen LogP contribution in [-0.2, 0) is 13.0 Å². The molecule has 1 fully saturated rings. The van der Waals surface area contributed by atoms with Gasteiger partial charge in [0.15, 0.2) is 0 Å². The zero-order chi connectivity index (χ0) is 13.7. The SMILES string of the molecule is CCc1ccccc1CN(C)C1CCC(NC)CC1. The minimum absolute atomic E-state index is 0.743. The topological polar surface area (TPSA) is 15.3 Å². The average Bonchev–Trinajstić information content (AvgIpc) is 2.48. The number of hydrogen-bond acceptors (Lipinski definition) is 2. The van der Waals surface area contributed by atoms with Crippen molar-refractivity contribution in [2.75, 3.05) is 14.1 Å². The summed E-state index contributed by atoms with van der Waals surface area (Å²) in [6, 6.07) is 10.4. The van der Waals surface area contributed by atoms with E-state index < -0.39 is 0 Å². The Hall–Kier alpha value is -0.860. The molecule has 1 N–H and O–H groups in total. The predicted molar refractivity (Wildman–Crippen MR) is 82.4 cm³/mol. The van der Waals surface area contributed by atoms with E-state index in [0.717, 1.165) is 25.0 Å². The first-order valence-corrected chi connectivity index (χ1v) is 7.68. The molecule has 0 aliphatic heterocycles. The van der Waals surface area contributed by atoms with Crippen LogP contribution in [0.5, 0.6) is 0 Å². The summed E-state index contributed by atoms with van der Waals surface area (Å²) in [5, 5.41) is 3.41. The number of nitrogens with zero attached hydrogens (tertiary/aromatic N) is 1. The van der Waals surface area contributed by atoms with Crippen molar-refractivity contribution in [1.82, 2.24) is 10.2 Å². The minimum atomic E-state index is 0.743. The van der Waals surface area contributed by atoms with Crippen molar-refractivity contribution in [1.29, 1.82) is 0 Å². The van der Waals surface area contributed by atoms with E-state index in [1.54, 1.807) is 0 Å². The molecular formula is C17H28N2. The van der Waals surface area contributed by atoms with E-state index in [4.69, 9.17) is 0 Å². The van der Waals surface area contributed by atoms with Crippen LogP contribution >= 0.6 is 0 Å².